The molecule has 0 bridgehead atoms. The number of fused-ring (bicyclic) bond motifs is 1. The highest BCUT2D eigenvalue weighted by Crippen LogP contribution is 2.16. The van der Waals surface area contributed by atoms with E-state index in [-0.39, 0.29) is 11.6 Å². The molecule has 1 amide bonds. The largest absolute Gasteiger partial charge is 0.335 e. The van der Waals surface area contributed by atoms with Gasteiger partial charge in [0.1, 0.15) is 0 Å². The third-order valence-corrected chi connectivity index (χ3v) is 4.40. The van der Waals surface area contributed by atoms with E-state index in [9.17, 15) is 9.59 Å². The van der Waals surface area contributed by atoms with Crippen LogP contribution in [0.25, 0.3) is 11.0 Å². The van der Waals surface area contributed by atoms with Gasteiger partial charge in [0.15, 0.2) is 0 Å². The summed E-state index contributed by atoms with van der Waals surface area (Å²) >= 11 is 0. The molecule has 5 nitrogen and oxygen atoms in total. The van der Waals surface area contributed by atoms with Gasteiger partial charge in [-0.05, 0) is 30.7 Å². The van der Waals surface area contributed by atoms with Gasteiger partial charge in [-0.1, -0.05) is 30.3 Å². The van der Waals surface area contributed by atoms with Gasteiger partial charge < -0.3 is 4.90 Å². The van der Waals surface area contributed by atoms with Crippen molar-refractivity contribution in [2.75, 3.05) is 6.54 Å². The lowest BCUT2D eigenvalue weighted by Gasteiger charge is -2.21. The minimum absolute atomic E-state index is 0.0282. The number of nitrogens with zero attached hydrogens (tertiary/aromatic N) is 3. The van der Waals surface area contributed by atoms with Crippen LogP contribution in [0.5, 0.6) is 0 Å². The van der Waals surface area contributed by atoms with Crippen LogP contribution in [-0.2, 0) is 20.6 Å². The van der Waals surface area contributed by atoms with E-state index in [0.29, 0.717) is 18.7 Å². The zero-order chi connectivity index (χ0) is 17.3. The van der Waals surface area contributed by atoms with Crippen molar-refractivity contribution in [2.45, 2.75) is 13.5 Å². The Hall–Kier alpha value is -2.82. The Kier molecular flexibility index (Phi) is 4.25. The Labute approximate surface area is 140 Å². The van der Waals surface area contributed by atoms with Crippen LogP contribution < -0.4 is 5.69 Å². The Bertz CT molecular complexity index is 938. The first-order valence-electron chi connectivity index (χ1n) is 8.01. The Morgan fingerprint density at radius 2 is 1.67 bits per heavy atom. The smallest absolute Gasteiger partial charge is 0.328 e. The van der Waals surface area contributed by atoms with Crippen molar-refractivity contribution in [1.82, 2.24) is 14.0 Å². The number of aromatic nitrogens is 2. The summed E-state index contributed by atoms with van der Waals surface area (Å²) < 4.78 is 3.16. The van der Waals surface area contributed by atoms with Crippen LogP contribution in [0.15, 0.2) is 53.3 Å². The molecule has 2 aromatic carbocycles. The first kappa shape index (κ1) is 16.1. The molecule has 24 heavy (non-hydrogen) atoms. The summed E-state index contributed by atoms with van der Waals surface area (Å²) in [6, 6.07) is 15.4. The van der Waals surface area contributed by atoms with E-state index >= 15 is 0 Å². The van der Waals surface area contributed by atoms with E-state index in [4.69, 9.17) is 0 Å². The predicted octanol–water partition coefficient (Wildman–Crippen LogP) is 2.54. The van der Waals surface area contributed by atoms with Gasteiger partial charge in [-0.3, -0.25) is 13.9 Å². The predicted molar refractivity (Wildman–Crippen MR) is 95.0 cm³/mol. The number of hydrogen-bond acceptors (Lipinski definition) is 2. The SMILES string of the molecule is CCN(Cc1ccccc1)C(=O)c1ccc2c(c1)n(C)c(=O)n2C. The summed E-state index contributed by atoms with van der Waals surface area (Å²) in [6.07, 6.45) is 0. The van der Waals surface area contributed by atoms with Gasteiger partial charge in [0.2, 0.25) is 0 Å². The van der Waals surface area contributed by atoms with E-state index < -0.39 is 0 Å². The van der Waals surface area contributed by atoms with Crippen LogP contribution in [0, 0.1) is 0 Å². The minimum Gasteiger partial charge on any atom is -0.335 e. The van der Waals surface area contributed by atoms with Gasteiger partial charge in [0.05, 0.1) is 11.0 Å². The highest BCUT2D eigenvalue weighted by atomic mass is 16.2. The third kappa shape index (κ3) is 2.73. The average molecular weight is 323 g/mol. The quantitative estimate of drug-likeness (QED) is 0.741. The molecule has 5 heteroatoms. The van der Waals surface area contributed by atoms with Gasteiger partial charge in [0, 0.05) is 32.7 Å². The Morgan fingerprint density at radius 3 is 2.33 bits per heavy atom. The molecule has 0 saturated heterocycles. The molecule has 0 aliphatic rings. The van der Waals surface area contributed by atoms with Crippen LogP contribution in [0.3, 0.4) is 0 Å². The molecule has 0 aliphatic carbocycles. The third-order valence-electron chi connectivity index (χ3n) is 4.40. The number of carbonyl (C=O) groups excluding carboxylic acids is 1. The van der Waals surface area contributed by atoms with E-state index in [1.165, 1.54) is 0 Å². The van der Waals surface area contributed by atoms with Gasteiger partial charge in [-0.2, -0.15) is 0 Å². The Balaban J connectivity index is 1.95. The van der Waals surface area contributed by atoms with Crippen molar-refractivity contribution in [1.29, 1.82) is 0 Å². The summed E-state index contributed by atoms with van der Waals surface area (Å²) in [5.41, 5.74) is 3.20. The number of benzene rings is 2. The van der Waals surface area contributed by atoms with Gasteiger partial charge in [0.25, 0.3) is 5.91 Å². The number of carbonyl (C=O) groups is 1. The van der Waals surface area contributed by atoms with E-state index in [1.807, 2.05) is 43.3 Å². The fraction of sp³-hybridized carbons (Fsp3) is 0.263. The minimum atomic E-state index is -0.0915. The number of amides is 1. The lowest BCUT2D eigenvalue weighted by Crippen LogP contribution is -2.30. The zero-order valence-electron chi connectivity index (χ0n) is 14.2. The van der Waals surface area contributed by atoms with E-state index in [0.717, 1.165) is 16.6 Å². The van der Waals surface area contributed by atoms with Crippen molar-refractivity contribution >= 4 is 16.9 Å². The molecule has 1 heterocycles. The highest BCUT2D eigenvalue weighted by Gasteiger charge is 2.17. The fourth-order valence-corrected chi connectivity index (χ4v) is 2.95. The molecule has 0 fully saturated rings. The van der Waals surface area contributed by atoms with Crippen molar-refractivity contribution in [3.63, 3.8) is 0 Å². The monoisotopic (exact) mass is 323 g/mol. The maximum absolute atomic E-state index is 12.9. The van der Waals surface area contributed by atoms with E-state index in [1.54, 1.807) is 40.3 Å². The second-order valence-electron chi connectivity index (χ2n) is 5.91. The van der Waals surface area contributed by atoms with Crippen LogP contribution in [0.4, 0.5) is 0 Å². The van der Waals surface area contributed by atoms with Crippen molar-refractivity contribution in [3.8, 4) is 0 Å². The molecule has 0 N–H and O–H groups in total. The van der Waals surface area contributed by atoms with Crippen LogP contribution in [0.2, 0.25) is 0 Å². The van der Waals surface area contributed by atoms with Crippen molar-refractivity contribution in [3.05, 3.63) is 70.1 Å². The molecular formula is C19H21N3O2. The van der Waals surface area contributed by atoms with Gasteiger partial charge >= 0.3 is 5.69 Å². The summed E-state index contributed by atoms with van der Waals surface area (Å²) in [6.45, 7) is 3.17. The second kappa shape index (κ2) is 6.35. The number of imidazole rings is 1. The van der Waals surface area contributed by atoms with Crippen LogP contribution in [-0.4, -0.2) is 26.5 Å². The Morgan fingerprint density at radius 1 is 1.00 bits per heavy atom. The van der Waals surface area contributed by atoms with Crippen LogP contribution >= 0.6 is 0 Å². The molecule has 0 unspecified atom stereocenters. The highest BCUT2D eigenvalue weighted by molar-refractivity contribution is 5.97. The van der Waals surface area contributed by atoms with Crippen molar-refractivity contribution in [2.24, 2.45) is 14.1 Å². The zero-order valence-corrected chi connectivity index (χ0v) is 14.2. The molecule has 0 radical (unpaired) electrons. The van der Waals surface area contributed by atoms with Gasteiger partial charge in [-0.25, -0.2) is 4.79 Å². The normalized spacial score (nSPS) is 11.0. The lowest BCUT2D eigenvalue weighted by atomic mass is 10.1. The molecule has 1 aromatic heterocycles. The van der Waals surface area contributed by atoms with Gasteiger partial charge in [-0.15, -0.1) is 0 Å². The first-order valence-corrected chi connectivity index (χ1v) is 8.01. The number of aryl methyl sites for hydroxylation is 2. The van der Waals surface area contributed by atoms with Crippen molar-refractivity contribution < 1.29 is 4.79 Å². The summed E-state index contributed by atoms with van der Waals surface area (Å²) in [5, 5.41) is 0. The molecule has 3 rings (SSSR count). The molecule has 0 saturated carbocycles. The molecule has 0 aliphatic heterocycles. The van der Waals surface area contributed by atoms with Crippen LogP contribution in [0.1, 0.15) is 22.8 Å². The average Bonchev–Trinajstić information content (AvgIpc) is 2.84. The maximum atomic E-state index is 12.9. The number of hydrogen-bond donors (Lipinski definition) is 0. The van der Waals surface area contributed by atoms with E-state index in [2.05, 4.69) is 0 Å². The molecule has 3 aromatic rings. The molecule has 0 atom stereocenters. The first-order chi connectivity index (χ1) is 11.5. The maximum Gasteiger partial charge on any atom is 0.328 e. The summed E-state index contributed by atoms with van der Waals surface area (Å²) in [7, 11) is 3.46. The molecule has 0 spiro atoms. The topological polar surface area (TPSA) is 47.2 Å². The summed E-state index contributed by atoms with van der Waals surface area (Å²) in [5.74, 6) is -0.0282. The molecular weight excluding hydrogens is 302 g/mol. The lowest BCUT2D eigenvalue weighted by molar-refractivity contribution is 0.0752. The standard InChI is InChI=1S/C19H21N3O2/c1-4-22(13-14-8-6-5-7-9-14)18(23)15-10-11-16-17(12-15)21(3)19(24)20(16)2/h5-12H,4,13H2,1-3H3. The fourth-order valence-electron chi connectivity index (χ4n) is 2.95. The number of rotatable bonds is 4. The summed E-state index contributed by atoms with van der Waals surface area (Å²) in [4.78, 5) is 26.7. The molecule has 124 valence electrons. The second-order valence-corrected chi connectivity index (χ2v) is 5.91.